The van der Waals surface area contributed by atoms with E-state index in [1.807, 2.05) is 0 Å². The van der Waals surface area contributed by atoms with Crippen LogP contribution in [0, 0.1) is 5.41 Å². The van der Waals surface area contributed by atoms with Crippen LogP contribution in [0.25, 0.3) is 0 Å². The van der Waals surface area contributed by atoms with E-state index in [2.05, 4.69) is 25.9 Å². The number of fused-ring (bicyclic) bond motifs is 2. The van der Waals surface area contributed by atoms with Gasteiger partial charge >= 0.3 is 0 Å². The van der Waals surface area contributed by atoms with Gasteiger partial charge < -0.3 is 9.88 Å². The molecule has 1 spiro atoms. The summed E-state index contributed by atoms with van der Waals surface area (Å²) in [6.07, 6.45) is 3.32. The van der Waals surface area contributed by atoms with Gasteiger partial charge in [0.1, 0.15) is 10.2 Å². The highest BCUT2D eigenvalue weighted by Gasteiger charge is 2.74. The lowest BCUT2D eigenvalue weighted by Gasteiger charge is -2.39. The molecule has 1 N–H and O–H groups in total. The minimum Gasteiger partial charge on any atom is -0.331 e. The third-order valence-corrected chi connectivity index (χ3v) is 6.05. The van der Waals surface area contributed by atoms with Crippen molar-refractivity contribution in [2.45, 2.75) is 50.1 Å². The Labute approximate surface area is 133 Å². The van der Waals surface area contributed by atoms with Gasteiger partial charge in [0, 0.05) is 23.9 Å². The molecule has 2 unspecified atom stereocenters. The van der Waals surface area contributed by atoms with Gasteiger partial charge in [0.2, 0.25) is 0 Å². The molecule has 22 heavy (non-hydrogen) atoms. The van der Waals surface area contributed by atoms with Crippen molar-refractivity contribution < 1.29 is 13.6 Å². The summed E-state index contributed by atoms with van der Waals surface area (Å²) in [5.74, 6) is -2.92. The van der Waals surface area contributed by atoms with Gasteiger partial charge in [-0.2, -0.15) is 0 Å². The van der Waals surface area contributed by atoms with E-state index in [0.717, 1.165) is 12.8 Å². The number of alkyl halides is 2. The van der Waals surface area contributed by atoms with Crippen molar-refractivity contribution in [2.24, 2.45) is 5.41 Å². The SMILES string of the molecule is O=C(c1nc[nH]c(=O)c1Br)N1C2CCC1CC1(C2)CC1(F)F. The Balaban J connectivity index is 1.64. The molecular formula is C14H14BrF2N3O2. The molecule has 2 aliphatic heterocycles. The molecule has 1 aromatic rings. The van der Waals surface area contributed by atoms with Gasteiger partial charge in [0.05, 0.1) is 6.33 Å². The minimum atomic E-state index is -2.58. The highest BCUT2D eigenvalue weighted by atomic mass is 79.9. The van der Waals surface area contributed by atoms with Gasteiger partial charge in [0.25, 0.3) is 17.4 Å². The second kappa shape index (κ2) is 4.37. The third kappa shape index (κ3) is 1.82. The first-order chi connectivity index (χ1) is 10.3. The maximum atomic E-state index is 13.6. The number of nitrogens with zero attached hydrogens (tertiary/aromatic N) is 2. The van der Waals surface area contributed by atoms with Crippen molar-refractivity contribution in [1.82, 2.24) is 14.9 Å². The average Bonchev–Trinajstić information content (AvgIpc) is 2.84. The number of aromatic amines is 1. The number of amides is 1. The molecule has 2 bridgehead atoms. The van der Waals surface area contributed by atoms with E-state index in [4.69, 9.17) is 0 Å². The number of hydrogen-bond acceptors (Lipinski definition) is 3. The minimum absolute atomic E-state index is 0.0536. The zero-order valence-electron chi connectivity index (χ0n) is 11.6. The average molecular weight is 374 g/mol. The van der Waals surface area contributed by atoms with Crippen molar-refractivity contribution >= 4 is 21.8 Å². The maximum Gasteiger partial charge on any atom is 0.274 e. The summed E-state index contributed by atoms with van der Waals surface area (Å²) in [7, 11) is 0. The van der Waals surface area contributed by atoms with Crippen molar-refractivity contribution in [2.75, 3.05) is 0 Å². The summed E-state index contributed by atoms with van der Waals surface area (Å²) in [5, 5.41) is 0. The first kappa shape index (κ1) is 14.3. The van der Waals surface area contributed by atoms with E-state index < -0.39 is 16.9 Å². The Morgan fingerprint density at radius 2 is 1.95 bits per heavy atom. The molecule has 4 rings (SSSR count). The Morgan fingerprint density at radius 1 is 1.36 bits per heavy atom. The zero-order chi connectivity index (χ0) is 15.7. The van der Waals surface area contributed by atoms with Gasteiger partial charge in [-0.1, -0.05) is 0 Å². The predicted molar refractivity (Wildman–Crippen MR) is 76.8 cm³/mol. The Kier molecular flexibility index (Phi) is 2.84. The number of piperidine rings is 1. The van der Waals surface area contributed by atoms with Crippen molar-refractivity contribution in [3.05, 3.63) is 26.8 Å². The molecule has 3 aliphatic rings. The second-order valence-corrected chi connectivity index (χ2v) is 7.35. The van der Waals surface area contributed by atoms with E-state index in [1.165, 1.54) is 6.33 Å². The van der Waals surface area contributed by atoms with Crippen LogP contribution in [0.3, 0.4) is 0 Å². The Hall–Kier alpha value is -1.31. The summed E-state index contributed by atoms with van der Waals surface area (Å²) < 4.78 is 27.4. The van der Waals surface area contributed by atoms with E-state index in [1.54, 1.807) is 4.90 Å². The van der Waals surface area contributed by atoms with Crippen LogP contribution in [0.4, 0.5) is 8.78 Å². The maximum absolute atomic E-state index is 13.6. The number of rotatable bonds is 1. The standard InChI is InChI=1S/C14H14BrF2N3O2/c15-9-10(18-6-19-11(9)21)12(22)20-7-1-2-8(20)4-13(3-7)5-14(13,16)17/h6-8H,1-5H2,(H,18,19,21). The van der Waals surface area contributed by atoms with Gasteiger partial charge in [-0.25, -0.2) is 13.8 Å². The molecule has 1 aromatic heterocycles. The van der Waals surface area contributed by atoms with Gasteiger partial charge in [-0.05, 0) is 41.6 Å². The lowest BCUT2D eigenvalue weighted by Crippen LogP contribution is -2.48. The first-order valence-corrected chi connectivity index (χ1v) is 8.08. The fourth-order valence-electron chi connectivity index (χ4n) is 4.16. The van der Waals surface area contributed by atoms with Crippen molar-refractivity contribution in [3.8, 4) is 0 Å². The zero-order valence-corrected chi connectivity index (χ0v) is 13.2. The third-order valence-electron chi connectivity index (χ3n) is 5.32. The lowest BCUT2D eigenvalue weighted by atomic mass is 9.87. The highest BCUT2D eigenvalue weighted by Crippen LogP contribution is 2.69. The normalized spacial score (nSPS) is 35.0. The molecule has 1 aliphatic carbocycles. The Morgan fingerprint density at radius 3 is 2.50 bits per heavy atom. The van der Waals surface area contributed by atoms with Gasteiger partial charge in [0.15, 0.2) is 0 Å². The number of hydrogen-bond donors (Lipinski definition) is 1. The number of carbonyl (C=O) groups is 1. The largest absolute Gasteiger partial charge is 0.331 e. The summed E-state index contributed by atoms with van der Waals surface area (Å²) in [5.41, 5.74) is -1.26. The smallest absolute Gasteiger partial charge is 0.274 e. The number of H-pyrrole nitrogens is 1. The fraction of sp³-hybridized carbons (Fsp3) is 0.643. The quantitative estimate of drug-likeness (QED) is 0.821. The fourth-order valence-corrected chi connectivity index (χ4v) is 4.54. The molecule has 1 amide bonds. The molecule has 0 radical (unpaired) electrons. The molecular weight excluding hydrogens is 360 g/mol. The van der Waals surface area contributed by atoms with Crippen LogP contribution >= 0.6 is 15.9 Å². The molecule has 2 saturated heterocycles. The van der Waals surface area contributed by atoms with E-state index in [9.17, 15) is 18.4 Å². The number of halogens is 3. The van der Waals surface area contributed by atoms with Crippen LogP contribution in [-0.4, -0.2) is 38.8 Å². The summed E-state index contributed by atoms with van der Waals surface area (Å²) in [6.45, 7) is 0. The number of aromatic nitrogens is 2. The van der Waals surface area contributed by atoms with E-state index in [0.29, 0.717) is 12.8 Å². The molecule has 5 nitrogen and oxygen atoms in total. The van der Waals surface area contributed by atoms with Crippen LogP contribution in [0.5, 0.6) is 0 Å². The lowest BCUT2D eigenvalue weighted by molar-refractivity contribution is 0.00670. The second-order valence-electron chi connectivity index (χ2n) is 6.56. The molecule has 1 saturated carbocycles. The van der Waals surface area contributed by atoms with Crippen LogP contribution in [0.15, 0.2) is 15.6 Å². The van der Waals surface area contributed by atoms with E-state index >= 15 is 0 Å². The summed E-state index contributed by atoms with van der Waals surface area (Å²) >= 11 is 3.09. The molecule has 0 aromatic carbocycles. The highest BCUT2D eigenvalue weighted by molar-refractivity contribution is 9.10. The first-order valence-electron chi connectivity index (χ1n) is 7.28. The molecule has 118 valence electrons. The monoisotopic (exact) mass is 373 g/mol. The molecule has 8 heteroatoms. The molecule has 3 fully saturated rings. The molecule has 2 atom stereocenters. The van der Waals surface area contributed by atoms with Crippen LogP contribution in [-0.2, 0) is 0 Å². The Bertz CT molecular complexity index is 706. The van der Waals surface area contributed by atoms with Crippen LogP contribution in [0.2, 0.25) is 0 Å². The van der Waals surface area contributed by atoms with Gasteiger partial charge in [-0.15, -0.1) is 0 Å². The number of carbonyl (C=O) groups excluding carboxylic acids is 1. The van der Waals surface area contributed by atoms with Crippen molar-refractivity contribution in [3.63, 3.8) is 0 Å². The van der Waals surface area contributed by atoms with Gasteiger partial charge in [-0.3, -0.25) is 9.59 Å². The summed E-state index contributed by atoms with van der Waals surface area (Å²) in [4.78, 5) is 32.3. The van der Waals surface area contributed by atoms with E-state index in [-0.39, 0.29) is 34.6 Å². The summed E-state index contributed by atoms with van der Waals surface area (Å²) in [6, 6.07) is -0.347. The topological polar surface area (TPSA) is 66.1 Å². The van der Waals surface area contributed by atoms with Crippen LogP contribution < -0.4 is 5.56 Å². The number of nitrogens with one attached hydrogen (secondary N) is 1. The van der Waals surface area contributed by atoms with Crippen LogP contribution in [0.1, 0.15) is 42.6 Å². The predicted octanol–water partition coefficient (Wildman–Crippen LogP) is 2.32. The van der Waals surface area contributed by atoms with Crippen molar-refractivity contribution in [1.29, 1.82) is 0 Å². The molecule has 3 heterocycles.